The summed E-state index contributed by atoms with van der Waals surface area (Å²) in [6.07, 6.45) is 0. The number of thiophene rings is 1. The third-order valence-corrected chi connectivity index (χ3v) is 10.4. The highest BCUT2D eigenvalue weighted by atomic mass is 32.2. The largest absolute Gasteiger partial charge is 0.135 e. The Labute approximate surface area is 243 Å². The minimum atomic E-state index is 1.29. The van der Waals surface area contributed by atoms with Crippen LogP contribution in [0.15, 0.2) is 107 Å². The van der Waals surface area contributed by atoms with Gasteiger partial charge >= 0.3 is 0 Å². The Morgan fingerprint density at radius 2 is 1.07 bits per heavy atom. The van der Waals surface area contributed by atoms with Gasteiger partial charge in [-0.15, -0.1) is 11.3 Å². The van der Waals surface area contributed by atoms with Gasteiger partial charge in [-0.05, 0) is 90.7 Å². The molecule has 0 radical (unpaired) electrons. The molecule has 0 bridgehead atoms. The number of fused-ring (bicyclic) bond motifs is 6. The SMILES string of the molecule is Cc1cc(C)cc(-c2ccc3c(c2)Sc2cccc4c2c-3cc2sc3cc(-c5cc(C)cc(C)c5)ccc3c24)c1. The summed E-state index contributed by atoms with van der Waals surface area (Å²) in [5.74, 6) is 0. The topological polar surface area (TPSA) is 0 Å². The van der Waals surface area contributed by atoms with Crippen LogP contribution in [-0.2, 0) is 0 Å². The van der Waals surface area contributed by atoms with Gasteiger partial charge in [0, 0.05) is 35.3 Å². The Morgan fingerprint density at radius 1 is 0.425 bits per heavy atom. The standard InChI is InChI=1S/C38H28S2/c1-21-12-22(2)15-27(14-21)25-8-10-29-32-20-36-37(31-6-5-7-33(38(31)32)39-34(29)18-25)30-11-9-26(19-35(30)40-36)28-16-23(3)13-24(4)17-28/h5-20H,1-4H3. The second-order valence-electron chi connectivity index (χ2n) is 11.4. The maximum atomic E-state index is 2.46. The Bertz CT molecular complexity index is 2140. The molecule has 1 aliphatic rings. The van der Waals surface area contributed by atoms with E-state index in [2.05, 4.69) is 125 Å². The maximum Gasteiger partial charge on any atom is 0.0368 e. The van der Waals surface area contributed by atoms with Gasteiger partial charge in [0.05, 0.1) is 0 Å². The summed E-state index contributed by atoms with van der Waals surface area (Å²) < 4.78 is 2.72. The van der Waals surface area contributed by atoms with E-state index in [1.807, 2.05) is 23.1 Å². The van der Waals surface area contributed by atoms with Gasteiger partial charge in [-0.2, -0.15) is 0 Å². The predicted octanol–water partition coefficient (Wildman–Crippen LogP) is 11.9. The molecule has 192 valence electrons. The molecule has 0 atom stereocenters. The van der Waals surface area contributed by atoms with Gasteiger partial charge in [0.25, 0.3) is 0 Å². The molecule has 2 heterocycles. The highest BCUT2D eigenvalue weighted by molar-refractivity contribution is 7.99. The Balaban J connectivity index is 1.33. The lowest BCUT2D eigenvalue weighted by Gasteiger charge is -2.22. The van der Waals surface area contributed by atoms with Crippen LogP contribution in [0.3, 0.4) is 0 Å². The van der Waals surface area contributed by atoms with E-state index >= 15 is 0 Å². The molecule has 7 aromatic rings. The lowest BCUT2D eigenvalue weighted by atomic mass is 9.92. The Hall–Kier alpha value is -3.85. The molecule has 0 unspecified atom stereocenters. The van der Waals surface area contributed by atoms with Crippen LogP contribution in [0.4, 0.5) is 0 Å². The monoisotopic (exact) mass is 548 g/mol. The first-order valence-electron chi connectivity index (χ1n) is 13.8. The van der Waals surface area contributed by atoms with Crippen molar-refractivity contribution in [1.29, 1.82) is 0 Å². The molecule has 1 aromatic heterocycles. The second-order valence-corrected chi connectivity index (χ2v) is 13.5. The van der Waals surface area contributed by atoms with Crippen molar-refractivity contribution in [2.75, 3.05) is 0 Å². The molecule has 0 saturated carbocycles. The molecule has 0 fully saturated rings. The van der Waals surface area contributed by atoms with Crippen molar-refractivity contribution in [3.05, 3.63) is 119 Å². The third kappa shape index (κ3) is 3.74. The van der Waals surface area contributed by atoms with E-state index in [1.165, 1.54) is 96.4 Å². The van der Waals surface area contributed by atoms with Crippen LogP contribution in [0, 0.1) is 27.7 Å². The zero-order valence-electron chi connectivity index (χ0n) is 23.1. The van der Waals surface area contributed by atoms with Gasteiger partial charge in [0.1, 0.15) is 0 Å². The average molecular weight is 549 g/mol. The number of benzene rings is 6. The van der Waals surface area contributed by atoms with E-state index in [0.717, 1.165) is 0 Å². The molecule has 1 aliphatic heterocycles. The zero-order chi connectivity index (χ0) is 27.1. The molecule has 2 heteroatoms. The van der Waals surface area contributed by atoms with Gasteiger partial charge in [0.2, 0.25) is 0 Å². The quantitative estimate of drug-likeness (QED) is 0.207. The summed E-state index contributed by atoms with van der Waals surface area (Å²) in [5, 5.41) is 5.51. The fourth-order valence-corrected chi connectivity index (χ4v) is 8.98. The van der Waals surface area contributed by atoms with Crippen LogP contribution in [-0.4, -0.2) is 0 Å². The molecular formula is C38H28S2. The van der Waals surface area contributed by atoms with Crippen LogP contribution in [0.2, 0.25) is 0 Å². The minimum Gasteiger partial charge on any atom is -0.135 e. The van der Waals surface area contributed by atoms with Crippen LogP contribution in [0.25, 0.3) is 64.3 Å². The lowest BCUT2D eigenvalue weighted by Crippen LogP contribution is -1.94. The fraction of sp³-hybridized carbons (Fsp3) is 0.105. The molecular weight excluding hydrogens is 521 g/mol. The van der Waals surface area contributed by atoms with Crippen molar-refractivity contribution in [2.24, 2.45) is 0 Å². The van der Waals surface area contributed by atoms with E-state index in [1.54, 1.807) is 0 Å². The van der Waals surface area contributed by atoms with Crippen LogP contribution in [0.1, 0.15) is 22.3 Å². The lowest BCUT2D eigenvalue weighted by molar-refractivity contribution is 1.36. The summed E-state index contributed by atoms with van der Waals surface area (Å²) in [6, 6.07) is 37.1. The van der Waals surface area contributed by atoms with Crippen LogP contribution in [0.5, 0.6) is 0 Å². The molecule has 8 rings (SSSR count). The van der Waals surface area contributed by atoms with Gasteiger partial charge < -0.3 is 0 Å². The minimum absolute atomic E-state index is 1.29. The predicted molar refractivity (Wildman–Crippen MR) is 176 cm³/mol. The normalized spacial score (nSPS) is 12.4. The molecule has 6 aromatic carbocycles. The van der Waals surface area contributed by atoms with E-state index < -0.39 is 0 Å². The molecule has 0 nitrogen and oxygen atoms in total. The average Bonchev–Trinajstić information content (AvgIpc) is 3.29. The summed E-state index contributed by atoms with van der Waals surface area (Å²) in [6.45, 7) is 8.73. The van der Waals surface area contributed by atoms with Crippen molar-refractivity contribution < 1.29 is 0 Å². The molecule has 40 heavy (non-hydrogen) atoms. The van der Waals surface area contributed by atoms with E-state index in [9.17, 15) is 0 Å². The van der Waals surface area contributed by atoms with Crippen molar-refractivity contribution in [3.8, 4) is 33.4 Å². The van der Waals surface area contributed by atoms with Gasteiger partial charge in [-0.3, -0.25) is 0 Å². The summed E-state index contributed by atoms with van der Waals surface area (Å²) in [4.78, 5) is 2.69. The molecule has 0 spiro atoms. The maximum absolute atomic E-state index is 2.46. The van der Waals surface area contributed by atoms with Gasteiger partial charge in [-0.1, -0.05) is 107 Å². The number of hydrogen-bond acceptors (Lipinski definition) is 2. The van der Waals surface area contributed by atoms with E-state index in [4.69, 9.17) is 0 Å². The molecule has 0 amide bonds. The van der Waals surface area contributed by atoms with Gasteiger partial charge in [0.15, 0.2) is 0 Å². The van der Waals surface area contributed by atoms with E-state index in [0.29, 0.717) is 0 Å². The van der Waals surface area contributed by atoms with Crippen LogP contribution >= 0.6 is 23.1 Å². The third-order valence-electron chi connectivity index (χ3n) is 8.16. The number of rotatable bonds is 2. The Morgan fingerprint density at radius 3 is 1.77 bits per heavy atom. The second kappa shape index (κ2) is 8.83. The van der Waals surface area contributed by atoms with Crippen molar-refractivity contribution in [1.82, 2.24) is 0 Å². The summed E-state index contributed by atoms with van der Waals surface area (Å²) in [5.41, 5.74) is 13.1. The highest BCUT2D eigenvalue weighted by Crippen LogP contribution is 2.52. The summed E-state index contributed by atoms with van der Waals surface area (Å²) >= 11 is 3.84. The van der Waals surface area contributed by atoms with Crippen molar-refractivity contribution >= 4 is 54.0 Å². The smallest absolute Gasteiger partial charge is 0.0368 e. The number of aryl methyl sites for hydroxylation is 4. The molecule has 0 aliphatic carbocycles. The first kappa shape index (κ1) is 24.0. The first-order valence-corrected chi connectivity index (χ1v) is 15.5. The molecule has 0 saturated heterocycles. The fourth-order valence-electron chi connectivity index (χ4n) is 6.60. The van der Waals surface area contributed by atoms with Crippen molar-refractivity contribution in [2.45, 2.75) is 37.5 Å². The molecule has 0 N–H and O–H groups in total. The zero-order valence-corrected chi connectivity index (χ0v) is 24.7. The van der Waals surface area contributed by atoms with Crippen LogP contribution < -0.4 is 0 Å². The van der Waals surface area contributed by atoms with Crippen molar-refractivity contribution in [3.63, 3.8) is 0 Å². The Kier molecular flexibility index (Phi) is 5.29. The highest BCUT2D eigenvalue weighted by Gasteiger charge is 2.23. The summed E-state index contributed by atoms with van der Waals surface area (Å²) in [7, 11) is 0. The first-order chi connectivity index (χ1) is 19.4. The van der Waals surface area contributed by atoms with Gasteiger partial charge in [-0.25, -0.2) is 0 Å². The number of hydrogen-bond donors (Lipinski definition) is 0. The van der Waals surface area contributed by atoms with E-state index in [-0.39, 0.29) is 0 Å².